The van der Waals surface area contributed by atoms with Crippen LogP contribution in [0.5, 0.6) is 0 Å². The van der Waals surface area contributed by atoms with E-state index in [-0.39, 0.29) is 52.0 Å². The van der Waals surface area contributed by atoms with Gasteiger partial charge in [-0.1, -0.05) is 48.0 Å². The van der Waals surface area contributed by atoms with Gasteiger partial charge in [-0.25, -0.2) is 0 Å². The van der Waals surface area contributed by atoms with E-state index in [1.54, 1.807) is 54.6 Å². The zero-order valence-corrected chi connectivity index (χ0v) is 17.5. The van der Waals surface area contributed by atoms with Gasteiger partial charge in [0.25, 0.3) is 5.91 Å². The Morgan fingerprint density at radius 1 is 0.839 bits per heavy atom. The maximum absolute atomic E-state index is 13.3. The van der Waals surface area contributed by atoms with Crippen LogP contribution in [0.3, 0.4) is 0 Å². The number of hydrogen-bond acceptors (Lipinski definition) is 4. The fourth-order valence-electron chi connectivity index (χ4n) is 3.67. The molecule has 5 nitrogen and oxygen atoms in total. The lowest BCUT2D eigenvalue weighted by Crippen LogP contribution is -2.25. The highest BCUT2D eigenvalue weighted by Crippen LogP contribution is 2.35. The van der Waals surface area contributed by atoms with Gasteiger partial charge in [-0.15, -0.1) is 11.6 Å². The summed E-state index contributed by atoms with van der Waals surface area (Å²) in [7, 11) is 0. The second kappa shape index (κ2) is 8.28. The number of carbonyl (C=O) groups excluding carboxylic acids is 4. The standard InChI is InChI=1S/C25H18ClNO4/c1-14-6-8-15(9-7-14)25(31)27-22-16(12-17(28)13-26)10-11-20-21(22)24(30)19-5-3-2-4-18(19)23(20)29/h2-11H,12-13H2,1H3,(H,27,31). The highest BCUT2D eigenvalue weighted by atomic mass is 35.5. The second-order valence-corrected chi connectivity index (χ2v) is 7.66. The van der Waals surface area contributed by atoms with Crippen LogP contribution < -0.4 is 5.32 Å². The molecule has 0 saturated carbocycles. The Labute approximate surface area is 184 Å². The van der Waals surface area contributed by atoms with Crippen LogP contribution >= 0.6 is 11.6 Å². The van der Waals surface area contributed by atoms with E-state index in [2.05, 4.69) is 5.32 Å². The van der Waals surface area contributed by atoms with Crippen LogP contribution in [0.1, 0.15) is 53.3 Å². The Morgan fingerprint density at radius 3 is 2.13 bits per heavy atom. The average molecular weight is 432 g/mol. The van der Waals surface area contributed by atoms with Gasteiger partial charge in [-0.2, -0.15) is 0 Å². The molecule has 154 valence electrons. The molecule has 0 aromatic heterocycles. The first-order valence-electron chi connectivity index (χ1n) is 9.70. The summed E-state index contributed by atoms with van der Waals surface area (Å²) in [6.07, 6.45) is -0.0661. The van der Waals surface area contributed by atoms with Gasteiger partial charge in [0.1, 0.15) is 0 Å². The Hall–Kier alpha value is -3.57. The highest BCUT2D eigenvalue weighted by Gasteiger charge is 2.33. The summed E-state index contributed by atoms with van der Waals surface area (Å²) in [6.45, 7) is 1.91. The summed E-state index contributed by atoms with van der Waals surface area (Å²) in [5, 5.41) is 2.78. The predicted octanol–water partition coefficient (Wildman–Crippen LogP) is 4.37. The lowest BCUT2D eigenvalue weighted by molar-refractivity contribution is -0.116. The molecule has 1 aliphatic rings. The molecular formula is C25H18ClNO4. The Balaban J connectivity index is 1.86. The van der Waals surface area contributed by atoms with Gasteiger partial charge < -0.3 is 5.32 Å². The first-order chi connectivity index (χ1) is 14.9. The molecule has 4 rings (SSSR count). The summed E-state index contributed by atoms with van der Waals surface area (Å²) in [6, 6.07) is 16.6. The van der Waals surface area contributed by atoms with Crippen molar-refractivity contribution in [1.82, 2.24) is 0 Å². The molecule has 0 heterocycles. The third kappa shape index (κ3) is 3.80. The number of benzene rings is 3. The zero-order valence-electron chi connectivity index (χ0n) is 16.7. The molecule has 6 heteroatoms. The fraction of sp³-hybridized carbons (Fsp3) is 0.120. The van der Waals surface area contributed by atoms with Crippen LogP contribution in [0.2, 0.25) is 0 Å². The summed E-state index contributed by atoms with van der Waals surface area (Å²) < 4.78 is 0. The largest absolute Gasteiger partial charge is 0.321 e. The first kappa shape index (κ1) is 20.7. The van der Waals surface area contributed by atoms with E-state index in [0.29, 0.717) is 16.7 Å². The first-order valence-corrected chi connectivity index (χ1v) is 10.2. The highest BCUT2D eigenvalue weighted by molar-refractivity contribution is 6.31. The van der Waals surface area contributed by atoms with Crippen molar-refractivity contribution >= 4 is 40.5 Å². The normalized spacial score (nSPS) is 12.2. The van der Waals surface area contributed by atoms with Gasteiger partial charge in [0.2, 0.25) is 0 Å². The topological polar surface area (TPSA) is 80.3 Å². The lowest BCUT2D eigenvalue weighted by Gasteiger charge is -2.22. The van der Waals surface area contributed by atoms with Crippen molar-refractivity contribution in [3.8, 4) is 0 Å². The number of carbonyl (C=O) groups is 4. The third-order valence-corrected chi connectivity index (χ3v) is 5.57. The number of hydrogen-bond donors (Lipinski definition) is 1. The van der Waals surface area contributed by atoms with Crippen molar-refractivity contribution < 1.29 is 19.2 Å². The Kier molecular flexibility index (Phi) is 5.53. The van der Waals surface area contributed by atoms with Gasteiger partial charge in [-0.05, 0) is 30.7 Å². The number of Topliss-reactive ketones (excluding diaryl/α,β-unsaturated/α-hetero) is 1. The van der Waals surface area contributed by atoms with Crippen LogP contribution in [0.25, 0.3) is 0 Å². The minimum Gasteiger partial charge on any atom is -0.321 e. The molecule has 0 saturated heterocycles. The molecule has 1 N–H and O–H groups in total. The summed E-state index contributed by atoms with van der Waals surface area (Å²) >= 11 is 5.67. The Bertz CT molecular complexity index is 1240. The Morgan fingerprint density at radius 2 is 1.48 bits per heavy atom. The van der Waals surface area contributed by atoms with E-state index in [4.69, 9.17) is 11.6 Å². The number of alkyl halides is 1. The number of amides is 1. The molecule has 31 heavy (non-hydrogen) atoms. The summed E-state index contributed by atoms with van der Waals surface area (Å²) in [5.74, 6) is -1.57. The number of fused-ring (bicyclic) bond motifs is 2. The molecule has 0 radical (unpaired) electrons. The van der Waals surface area contributed by atoms with Gasteiger partial charge in [0.15, 0.2) is 17.3 Å². The molecule has 0 unspecified atom stereocenters. The van der Waals surface area contributed by atoms with Crippen LogP contribution in [0.4, 0.5) is 5.69 Å². The number of halogens is 1. The van der Waals surface area contributed by atoms with Gasteiger partial charge in [-0.3, -0.25) is 19.2 Å². The van der Waals surface area contributed by atoms with Crippen molar-refractivity contribution in [3.63, 3.8) is 0 Å². The minimum absolute atomic E-state index is 0.0661. The van der Waals surface area contributed by atoms with E-state index >= 15 is 0 Å². The maximum Gasteiger partial charge on any atom is 0.255 e. The summed E-state index contributed by atoms with van der Waals surface area (Å²) in [5.41, 5.74) is 2.90. The number of anilines is 1. The fourth-order valence-corrected chi connectivity index (χ4v) is 3.76. The van der Waals surface area contributed by atoms with Crippen LogP contribution in [0.15, 0.2) is 60.7 Å². The lowest BCUT2D eigenvalue weighted by atomic mass is 9.81. The molecule has 1 aliphatic carbocycles. The van der Waals surface area contributed by atoms with Crippen molar-refractivity contribution in [2.75, 3.05) is 11.2 Å². The molecule has 0 atom stereocenters. The average Bonchev–Trinajstić information content (AvgIpc) is 2.78. The molecule has 3 aromatic rings. The smallest absolute Gasteiger partial charge is 0.255 e. The number of ketones is 3. The molecule has 3 aromatic carbocycles. The van der Waals surface area contributed by atoms with E-state index in [9.17, 15) is 19.2 Å². The van der Waals surface area contributed by atoms with E-state index < -0.39 is 5.91 Å². The summed E-state index contributed by atoms with van der Waals surface area (Å²) in [4.78, 5) is 51.3. The van der Waals surface area contributed by atoms with Crippen LogP contribution in [-0.2, 0) is 11.2 Å². The molecule has 1 amide bonds. The number of aryl methyl sites for hydroxylation is 1. The molecule has 0 aliphatic heterocycles. The number of rotatable bonds is 5. The van der Waals surface area contributed by atoms with E-state index in [1.807, 2.05) is 6.92 Å². The van der Waals surface area contributed by atoms with Gasteiger partial charge >= 0.3 is 0 Å². The minimum atomic E-state index is -0.438. The van der Waals surface area contributed by atoms with Crippen LogP contribution in [0, 0.1) is 6.92 Å². The van der Waals surface area contributed by atoms with Crippen molar-refractivity contribution in [2.24, 2.45) is 0 Å². The van der Waals surface area contributed by atoms with E-state index in [0.717, 1.165) is 5.56 Å². The van der Waals surface area contributed by atoms with Crippen molar-refractivity contribution in [1.29, 1.82) is 0 Å². The SMILES string of the molecule is Cc1ccc(C(=O)Nc2c(CC(=O)CCl)ccc3c2C(=O)c2ccccc2C3=O)cc1. The van der Waals surface area contributed by atoms with Crippen LogP contribution in [-0.4, -0.2) is 29.1 Å². The predicted molar refractivity (Wildman–Crippen MR) is 118 cm³/mol. The second-order valence-electron chi connectivity index (χ2n) is 7.40. The van der Waals surface area contributed by atoms with Gasteiger partial charge in [0.05, 0.1) is 17.1 Å². The monoisotopic (exact) mass is 431 g/mol. The van der Waals surface area contributed by atoms with E-state index in [1.165, 1.54) is 6.07 Å². The molecular weight excluding hydrogens is 414 g/mol. The zero-order chi connectivity index (χ0) is 22.1. The molecule has 0 fully saturated rings. The van der Waals surface area contributed by atoms with Gasteiger partial charge in [0, 0.05) is 28.7 Å². The molecule has 0 bridgehead atoms. The number of nitrogens with one attached hydrogen (secondary N) is 1. The maximum atomic E-state index is 13.3. The third-order valence-electron chi connectivity index (χ3n) is 5.27. The molecule has 0 spiro atoms. The van der Waals surface area contributed by atoms with Crippen molar-refractivity contribution in [2.45, 2.75) is 13.3 Å². The van der Waals surface area contributed by atoms with Crippen molar-refractivity contribution in [3.05, 3.63) is 99.6 Å². The quantitative estimate of drug-likeness (QED) is 0.476.